The highest BCUT2D eigenvalue weighted by molar-refractivity contribution is 6.19. The highest BCUT2D eigenvalue weighted by atomic mass is 16.5. The lowest BCUT2D eigenvalue weighted by Gasteiger charge is -2.41. The SMILES string of the molecule is COCCCCN1C(=O)NC(=O)C2(CCCCC2)C1=O. The molecule has 1 aliphatic carbocycles. The summed E-state index contributed by atoms with van der Waals surface area (Å²) >= 11 is 0. The summed E-state index contributed by atoms with van der Waals surface area (Å²) in [5.74, 6) is -0.705. The number of unbranched alkanes of at least 4 members (excludes halogenated alkanes) is 1. The van der Waals surface area contributed by atoms with Crippen LogP contribution in [-0.4, -0.2) is 43.0 Å². The van der Waals surface area contributed by atoms with Gasteiger partial charge in [0, 0.05) is 20.3 Å². The van der Waals surface area contributed by atoms with E-state index in [9.17, 15) is 14.4 Å². The van der Waals surface area contributed by atoms with Crippen LogP contribution in [-0.2, 0) is 14.3 Å². The molecule has 0 radical (unpaired) electrons. The predicted octanol–water partition coefficient (Wildman–Crippen LogP) is 1.44. The van der Waals surface area contributed by atoms with E-state index in [1.54, 1.807) is 7.11 Å². The number of methoxy groups -OCH3 is 1. The number of barbiturate groups is 1. The minimum atomic E-state index is -0.993. The van der Waals surface area contributed by atoms with Crippen LogP contribution in [0.3, 0.4) is 0 Å². The zero-order valence-corrected chi connectivity index (χ0v) is 11.9. The van der Waals surface area contributed by atoms with E-state index in [0.717, 1.165) is 25.7 Å². The van der Waals surface area contributed by atoms with Crippen LogP contribution >= 0.6 is 0 Å². The van der Waals surface area contributed by atoms with Crippen molar-refractivity contribution in [1.82, 2.24) is 10.2 Å². The van der Waals surface area contributed by atoms with Gasteiger partial charge in [0.15, 0.2) is 0 Å². The molecule has 0 aromatic rings. The fraction of sp³-hybridized carbons (Fsp3) is 0.786. The molecule has 6 heteroatoms. The molecule has 2 aliphatic rings. The topological polar surface area (TPSA) is 75.7 Å². The molecule has 0 bridgehead atoms. The van der Waals surface area contributed by atoms with E-state index in [-0.39, 0.29) is 5.91 Å². The maximum absolute atomic E-state index is 12.6. The molecule has 2 rings (SSSR count). The van der Waals surface area contributed by atoms with Gasteiger partial charge >= 0.3 is 6.03 Å². The predicted molar refractivity (Wildman–Crippen MR) is 71.9 cm³/mol. The number of amides is 4. The molecule has 4 amide bonds. The number of hydrogen-bond donors (Lipinski definition) is 1. The molecule has 20 heavy (non-hydrogen) atoms. The van der Waals surface area contributed by atoms with Crippen LogP contribution in [0.15, 0.2) is 0 Å². The Morgan fingerprint density at radius 2 is 1.85 bits per heavy atom. The Morgan fingerprint density at radius 3 is 2.50 bits per heavy atom. The smallest absolute Gasteiger partial charge is 0.330 e. The molecule has 0 aromatic heterocycles. The molecule has 6 nitrogen and oxygen atoms in total. The van der Waals surface area contributed by atoms with Crippen LogP contribution in [0.1, 0.15) is 44.9 Å². The molecule has 1 aliphatic heterocycles. The summed E-state index contributed by atoms with van der Waals surface area (Å²) in [5, 5.41) is 2.36. The third kappa shape index (κ3) is 2.70. The van der Waals surface area contributed by atoms with Gasteiger partial charge in [0.1, 0.15) is 5.41 Å². The van der Waals surface area contributed by atoms with Gasteiger partial charge in [-0.1, -0.05) is 19.3 Å². The van der Waals surface area contributed by atoms with Gasteiger partial charge in [0.25, 0.3) is 0 Å². The second-order valence-electron chi connectivity index (χ2n) is 5.56. The summed E-state index contributed by atoms with van der Waals surface area (Å²) in [6.45, 7) is 0.955. The zero-order valence-electron chi connectivity index (χ0n) is 11.9. The Kier molecular flexibility index (Phi) is 4.75. The monoisotopic (exact) mass is 282 g/mol. The summed E-state index contributed by atoms with van der Waals surface area (Å²) < 4.78 is 4.95. The molecule has 2 fully saturated rings. The highest BCUT2D eigenvalue weighted by Gasteiger charge is 2.53. The number of nitrogens with one attached hydrogen (secondary N) is 1. The third-order valence-corrected chi connectivity index (χ3v) is 4.24. The standard InChI is InChI=1S/C14H22N2O4/c1-20-10-6-5-9-16-12(18)14(7-3-2-4-8-14)11(17)15-13(16)19/h2-10H2,1H3,(H,15,17,19). The highest BCUT2D eigenvalue weighted by Crippen LogP contribution is 2.40. The fourth-order valence-corrected chi connectivity index (χ4v) is 3.05. The molecule has 0 aromatic carbocycles. The van der Waals surface area contributed by atoms with Crippen molar-refractivity contribution in [3.8, 4) is 0 Å². The Hall–Kier alpha value is -1.43. The lowest BCUT2D eigenvalue weighted by atomic mass is 9.71. The van der Waals surface area contributed by atoms with Crippen LogP contribution in [0.2, 0.25) is 0 Å². The first-order valence-electron chi connectivity index (χ1n) is 7.28. The molecule has 1 spiro atoms. The second-order valence-corrected chi connectivity index (χ2v) is 5.56. The average Bonchev–Trinajstić information content (AvgIpc) is 2.46. The van der Waals surface area contributed by atoms with Crippen molar-refractivity contribution in [3.63, 3.8) is 0 Å². The summed E-state index contributed by atoms with van der Waals surface area (Å²) in [4.78, 5) is 37.8. The number of carbonyl (C=O) groups is 3. The lowest BCUT2D eigenvalue weighted by molar-refractivity contribution is -0.154. The summed E-state index contributed by atoms with van der Waals surface area (Å²) in [5.41, 5.74) is -0.993. The minimum absolute atomic E-state index is 0.302. The summed E-state index contributed by atoms with van der Waals surface area (Å²) in [6, 6.07) is -0.575. The van der Waals surface area contributed by atoms with Gasteiger partial charge in [0.2, 0.25) is 11.8 Å². The first kappa shape index (κ1) is 15.0. The van der Waals surface area contributed by atoms with Gasteiger partial charge in [-0.05, 0) is 25.7 Å². The molecule has 1 saturated heterocycles. The first-order chi connectivity index (χ1) is 9.62. The van der Waals surface area contributed by atoms with Crippen LogP contribution < -0.4 is 5.32 Å². The molecule has 1 heterocycles. The number of nitrogens with zero attached hydrogens (tertiary/aromatic N) is 1. The third-order valence-electron chi connectivity index (χ3n) is 4.24. The van der Waals surface area contributed by atoms with Crippen molar-refractivity contribution in [1.29, 1.82) is 0 Å². The number of hydrogen-bond acceptors (Lipinski definition) is 4. The van der Waals surface area contributed by atoms with Gasteiger partial charge in [-0.2, -0.15) is 0 Å². The number of carbonyl (C=O) groups excluding carboxylic acids is 3. The fourth-order valence-electron chi connectivity index (χ4n) is 3.05. The van der Waals surface area contributed by atoms with Crippen LogP contribution in [0.25, 0.3) is 0 Å². The molecule has 112 valence electrons. The van der Waals surface area contributed by atoms with Gasteiger partial charge in [-0.15, -0.1) is 0 Å². The molecular formula is C14H22N2O4. The van der Waals surface area contributed by atoms with Crippen molar-refractivity contribution in [2.45, 2.75) is 44.9 Å². The Morgan fingerprint density at radius 1 is 1.15 bits per heavy atom. The normalized spacial score (nSPS) is 22.2. The van der Waals surface area contributed by atoms with Gasteiger partial charge in [-0.3, -0.25) is 19.8 Å². The maximum Gasteiger partial charge on any atom is 0.330 e. The Labute approximate surface area is 118 Å². The molecular weight excluding hydrogens is 260 g/mol. The van der Waals surface area contributed by atoms with E-state index in [0.29, 0.717) is 32.4 Å². The van der Waals surface area contributed by atoms with E-state index < -0.39 is 17.4 Å². The zero-order chi connectivity index (χ0) is 14.6. The Balaban J connectivity index is 2.06. The van der Waals surface area contributed by atoms with Crippen LogP contribution in [0.4, 0.5) is 4.79 Å². The molecule has 1 saturated carbocycles. The van der Waals surface area contributed by atoms with E-state index in [2.05, 4.69) is 5.32 Å². The van der Waals surface area contributed by atoms with E-state index >= 15 is 0 Å². The summed E-state index contributed by atoms with van der Waals surface area (Å²) in [6.07, 6.45) is 5.37. The quantitative estimate of drug-likeness (QED) is 0.611. The maximum atomic E-state index is 12.6. The van der Waals surface area contributed by atoms with Crippen molar-refractivity contribution in [2.75, 3.05) is 20.3 Å². The van der Waals surface area contributed by atoms with Crippen LogP contribution in [0.5, 0.6) is 0 Å². The van der Waals surface area contributed by atoms with Crippen molar-refractivity contribution in [2.24, 2.45) is 5.41 Å². The molecule has 1 N–H and O–H groups in total. The number of rotatable bonds is 5. The Bertz CT molecular complexity index is 402. The molecule has 0 unspecified atom stereocenters. The molecule has 0 atom stereocenters. The van der Waals surface area contributed by atoms with E-state index in [1.165, 1.54) is 4.90 Å². The lowest BCUT2D eigenvalue weighted by Crippen LogP contribution is -2.64. The first-order valence-corrected chi connectivity index (χ1v) is 7.28. The van der Waals surface area contributed by atoms with Gasteiger partial charge in [-0.25, -0.2) is 4.79 Å². The van der Waals surface area contributed by atoms with Crippen molar-refractivity contribution < 1.29 is 19.1 Å². The average molecular weight is 282 g/mol. The van der Waals surface area contributed by atoms with Crippen LogP contribution in [0, 0.1) is 5.41 Å². The largest absolute Gasteiger partial charge is 0.385 e. The van der Waals surface area contributed by atoms with E-state index in [4.69, 9.17) is 4.74 Å². The number of urea groups is 1. The van der Waals surface area contributed by atoms with E-state index in [1.807, 2.05) is 0 Å². The van der Waals surface area contributed by atoms with Crippen molar-refractivity contribution >= 4 is 17.8 Å². The van der Waals surface area contributed by atoms with Gasteiger partial charge in [0.05, 0.1) is 0 Å². The summed E-state index contributed by atoms with van der Waals surface area (Å²) in [7, 11) is 1.62. The number of imide groups is 2. The number of ether oxygens (including phenoxy) is 1. The minimum Gasteiger partial charge on any atom is -0.385 e. The van der Waals surface area contributed by atoms with Crippen molar-refractivity contribution in [3.05, 3.63) is 0 Å². The van der Waals surface area contributed by atoms with Gasteiger partial charge < -0.3 is 4.74 Å². The second kappa shape index (κ2) is 6.35.